The summed E-state index contributed by atoms with van der Waals surface area (Å²) in [4.78, 5) is 16.7. The molecule has 1 unspecified atom stereocenters. The zero-order valence-electron chi connectivity index (χ0n) is 19.3. The molecule has 0 fully saturated rings. The van der Waals surface area contributed by atoms with Crippen molar-refractivity contribution in [1.82, 2.24) is 0 Å². The van der Waals surface area contributed by atoms with E-state index in [0.717, 1.165) is 7.11 Å². The Morgan fingerprint density at radius 1 is 0.839 bits per heavy atom. The van der Waals surface area contributed by atoms with E-state index in [0.29, 0.717) is 8.13 Å². The zero-order chi connectivity index (χ0) is 26.2. The summed E-state index contributed by atoms with van der Waals surface area (Å²) in [5, 5.41) is 34.3. The maximum atomic E-state index is 9.39. The molecular weight excluding hydrogens is 638 g/mol. The maximum Gasteiger partial charge on any atom is 0 e. The third-order valence-corrected chi connectivity index (χ3v) is 11.0. The van der Waals surface area contributed by atoms with Crippen molar-refractivity contribution in [3.63, 3.8) is 0 Å². The van der Waals surface area contributed by atoms with Crippen molar-refractivity contribution < 1.29 is 84.5 Å². The van der Waals surface area contributed by atoms with Crippen LogP contribution in [0.25, 0.3) is 0 Å². The van der Waals surface area contributed by atoms with Crippen molar-refractivity contribution in [2.45, 2.75) is 52.4 Å². The standard InChI is InChI=1S/C8H24O2Si3.CH5OPSi.CH4O.2HNO3.2O.Pd.Ti/c1-11(2,3)9-13(7,8)10-12(4,5)6;1-3-4-2;1-2;2*2-1(3)4;;;;/h1-8H3;3-4H,1H3;2H,1H3;2*(H,2,3,4);;;;. The fraction of sp³-hybridized carbons (Fsp3) is 1.00. The quantitative estimate of drug-likeness (QED) is 0.165. The van der Waals surface area contributed by atoms with Crippen LogP contribution < -0.4 is 0 Å². The Balaban J connectivity index is -0.0000000531. The predicted octanol–water partition coefficient (Wildman–Crippen LogP) is 2.05. The molecule has 0 aromatic carbocycles. The third-order valence-electron chi connectivity index (χ3n) is 1.22. The fourth-order valence-corrected chi connectivity index (χ4v) is 13.8. The molecule has 31 heavy (non-hydrogen) atoms. The van der Waals surface area contributed by atoms with Crippen LogP contribution in [-0.2, 0) is 58.9 Å². The van der Waals surface area contributed by atoms with Gasteiger partial charge in [0.25, 0.3) is 19.2 Å². The Bertz CT molecular complexity index is 439. The van der Waals surface area contributed by atoms with E-state index in [1.807, 2.05) is 6.66 Å². The van der Waals surface area contributed by atoms with Crippen LogP contribution in [0.1, 0.15) is 0 Å². The summed E-state index contributed by atoms with van der Waals surface area (Å²) in [5.41, 5.74) is 0. The zero-order valence-corrected chi connectivity index (χ0v) is 27.6. The number of rotatable bonds is 5. The van der Waals surface area contributed by atoms with E-state index < -0.39 is 63.5 Å². The second-order valence-electron chi connectivity index (χ2n) is 6.79. The fourth-order valence-electron chi connectivity index (χ4n) is 1.50. The van der Waals surface area contributed by atoms with Crippen molar-refractivity contribution in [3.8, 4) is 0 Å². The summed E-state index contributed by atoms with van der Waals surface area (Å²) in [5.74, 6) is 0. The third kappa shape index (κ3) is 137. The van der Waals surface area contributed by atoms with Gasteiger partial charge in [0.2, 0.25) is 0 Å². The van der Waals surface area contributed by atoms with E-state index in [1.54, 1.807) is 0 Å². The van der Waals surface area contributed by atoms with Crippen LogP contribution in [0, 0.1) is 20.2 Å². The van der Waals surface area contributed by atoms with Crippen molar-refractivity contribution in [2.75, 3.05) is 13.8 Å². The summed E-state index contributed by atoms with van der Waals surface area (Å²) in [7, 11) is -3.49. The van der Waals surface area contributed by atoms with Crippen LogP contribution >= 0.6 is 8.13 Å². The van der Waals surface area contributed by atoms with Gasteiger partial charge < -0.3 is 28.2 Å². The molecule has 192 valence electrons. The first-order valence-corrected chi connectivity index (χ1v) is 22.5. The topological polar surface area (TPSA) is 217 Å². The molecule has 0 aliphatic carbocycles. The SMILES string of the molecule is CO.CP[SiH]=O.C[Si](C)(C)O[Si](C)(C)O[Si](C)(C)C.O=[N+]([O-])O.O=[N+]([O-])O.[O]=[Ti]=[O].[Pd]. The Morgan fingerprint density at radius 2 is 0.968 bits per heavy atom. The normalized spacial score (nSPS) is 9.39. The Morgan fingerprint density at radius 3 is 1.03 bits per heavy atom. The molecule has 0 amide bonds. The average molecular weight is 673 g/mol. The summed E-state index contributed by atoms with van der Waals surface area (Å²) in [6, 6.07) is 0. The van der Waals surface area contributed by atoms with Crippen LogP contribution in [-0.4, -0.2) is 73.7 Å². The number of hydrogen-bond donors (Lipinski definition) is 3. The molecular formula is C10H35N2O12PPdSi4Ti. The summed E-state index contributed by atoms with van der Waals surface area (Å²) < 4.78 is 38.6. The van der Waals surface area contributed by atoms with Crippen LogP contribution in [0.5, 0.6) is 0 Å². The van der Waals surface area contributed by atoms with E-state index in [9.17, 15) is 4.46 Å². The molecule has 0 aromatic rings. The number of nitrogens with zero attached hydrogens (tertiary/aromatic N) is 2. The Hall–Kier alpha value is 0.354. The first-order valence-electron chi connectivity index (χ1n) is 7.83. The Kier molecular flexibility index (Phi) is 47.7. The van der Waals surface area contributed by atoms with Gasteiger partial charge in [0.05, 0.1) is 0 Å². The first-order chi connectivity index (χ1) is 13.2. The van der Waals surface area contributed by atoms with Crippen LogP contribution in [0.3, 0.4) is 0 Å². The van der Waals surface area contributed by atoms with Gasteiger partial charge in [-0.05, 0) is 59.0 Å². The maximum absolute atomic E-state index is 9.39. The number of aliphatic hydroxyl groups is 1. The van der Waals surface area contributed by atoms with E-state index in [1.165, 1.54) is 0 Å². The molecule has 0 rings (SSSR count). The summed E-state index contributed by atoms with van der Waals surface area (Å²) in [6.45, 7) is 19.6. The molecule has 0 heterocycles. The van der Waals surface area contributed by atoms with Gasteiger partial charge in [-0.1, -0.05) is 8.13 Å². The second-order valence-corrected chi connectivity index (χ2v) is 23.2. The van der Waals surface area contributed by atoms with Gasteiger partial charge >= 0.3 is 34.3 Å². The van der Waals surface area contributed by atoms with Crippen LogP contribution in [0.4, 0.5) is 0 Å². The first kappa shape index (κ1) is 48.7. The smallest absolute Gasteiger partial charge is 0 e. The molecule has 21 heteroatoms. The van der Waals surface area contributed by atoms with Crippen molar-refractivity contribution >= 4 is 42.4 Å². The second kappa shape index (κ2) is 30.4. The number of aliphatic hydroxyl groups excluding tert-OH is 1. The molecule has 14 nitrogen and oxygen atoms in total. The number of hydrogen-bond acceptors (Lipinski definition) is 10. The van der Waals surface area contributed by atoms with Crippen molar-refractivity contribution in [1.29, 1.82) is 0 Å². The van der Waals surface area contributed by atoms with Crippen LogP contribution in [0.2, 0.25) is 52.4 Å². The molecule has 0 aromatic heterocycles. The molecule has 0 radical (unpaired) electrons. The molecule has 1 atom stereocenters. The predicted molar refractivity (Wildman–Crippen MR) is 115 cm³/mol. The minimum atomic E-state index is -2.00. The largest absolute Gasteiger partial charge is 0 e. The minimum Gasteiger partial charge on any atom is 0 e. The molecule has 0 saturated heterocycles. The summed E-state index contributed by atoms with van der Waals surface area (Å²) >= 11 is -2.00. The molecule has 0 saturated carbocycles. The van der Waals surface area contributed by atoms with Gasteiger partial charge in [-0.25, -0.2) is 0 Å². The van der Waals surface area contributed by atoms with E-state index in [4.69, 9.17) is 50.6 Å². The van der Waals surface area contributed by atoms with Gasteiger partial charge in [0.1, 0.15) is 0 Å². The molecule has 0 aliphatic rings. The van der Waals surface area contributed by atoms with E-state index in [2.05, 4.69) is 52.4 Å². The molecule has 3 N–H and O–H groups in total. The van der Waals surface area contributed by atoms with E-state index >= 15 is 0 Å². The van der Waals surface area contributed by atoms with E-state index in [-0.39, 0.29) is 20.4 Å². The minimum absolute atomic E-state index is 0. The van der Waals surface area contributed by atoms with Gasteiger partial charge in [-0.2, -0.15) is 0 Å². The Labute approximate surface area is 212 Å². The molecule has 0 bridgehead atoms. The van der Waals surface area contributed by atoms with Gasteiger partial charge in [-0.15, -0.1) is 20.2 Å². The molecule has 0 spiro atoms. The van der Waals surface area contributed by atoms with Crippen LogP contribution in [0.15, 0.2) is 0 Å². The van der Waals surface area contributed by atoms with Crippen molar-refractivity contribution in [2.24, 2.45) is 0 Å². The summed E-state index contributed by atoms with van der Waals surface area (Å²) in [6.07, 6.45) is 0. The van der Waals surface area contributed by atoms with Gasteiger partial charge in [0, 0.05) is 27.5 Å². The monoisotopic (exact) mass is 672 g/mol. The van der Waals surface area contributed by atoms with Gasteiger partial charge in [0.15, 0.2) is 16.6 Å². The molecule has 0 aliphatic heterocycles. The average Bonchev–Trinajstić information content (AvgIpc) is 2.44. The van der Waals surface area contributed by atoms with Crippen molar-refractivity contribution in [3.05, 3.63) is 20.2 Å². The van der Waals surface area contributed by atoms with Gasteiger partial charge in [-0.3, -0.25) is 0 Å².